The van der Waals surface area contributed by atoms with Crippen molar-refractivity contribution in [3.8, 4) is 0 Å². The second kappa shape index (κ2) is 16.8. The van der Waals surface area contributed by atoms with Crippen molar-refractivity contribution in [3.63, 3.8) is 0 Å². The first-order valence-corrected chi connectivity index (χ1v) is 21.9. The Morgan fingerprint density at radius 1 is 0.605 bits per heavy atom. The van der Waals surface area contributed by atoms with Crippen molar-refractivity contribution < 1.29 is 44.0 Å². The predicted octanol–water partition coefficient (Wildman–Crippen LogP) is 6.21. The van der Waals surface area contributed by atoms with Crippen LogP contribution in [-0.2, 0) is 19.2 Å². The van der Waals surface area contributed by atoms with Crippen LogP contribution in [0.25, 0.3) is 12.2 Å². The van der Waals surface area contributed by atoms with E-state index >= 15 is 0 Å². The molecule has 0 saturated heterocycles. The van der Waals surface area contributed by atoms with Crippen LogP contribution < -0.4 is 24.8 Å². The molecule has 5 heteroatoms. The molecule has 2 fully saturated rings. The Morgan fingerprint density at radius 3 is 1.49 bits per heavy atom. The van der Waals surface area contributed by atoms with Crippen LogP contribution in [0.4, 0.5) is 0 Å². The first kappa shape index (κ1) is 35.9. The summed E-state index contributed by atoms with van der Waals surface area (Å²) in [6, 6.07) is 19.2. The first-order chi connectivity index (χ1) is 20.0. The maximum absolute atomic E-state index is 2.79. The predicted molar refractivity (Wildman–Crippen MR) is 181 cm³/mol. The summed E-state index contributed by atoms with van der Waals surface area (Å²) in [4.78, 5) is 0. The molecule has 0 radical (unpaired) electrons. The number of fused-ring (bicyclic) bond motifs is 2. The molecule has 4 aliphatic carbocycles. The van der Waals surface area contributed by atoms with Crippen molar-refractivity contribution >= 4 is 28.0 Å². The van der Waals surface area contributed by atoms with Crippen molar-refractivity contribution in [2.24, 2.45) is 11.8 Å². The van der Waals surface area contributed by atoms with Crippen molar-refractivity contribution in [2.75, 3.05) is 12.3 Å². The molecule has 2 aromatic carbocycles. The molecule has 4 aliphatic rings. The molecule has 0 heterocycles. The van der Waals surface area contributed by atoms with Gasteiger partial charge in [-0.2, -0.15) is 0 Å². The molecule has 2 unspecified atom stereocenters. The Kier molecular flexibility index (Phi) is 14.0. The zero-order chi connectivity index (χ0) is 28.3. The average Bonchev–Trinajstić information content (AvgIpc) is 3.52. The van der Waals surface area contributed by atoms with Gasteiger partial charge in [0, 0.05) is 0 Å². The molecule has 0 N–H and O–H groups in total. The van der Waals surface area contributed by atoms with Gasteiger partial charge in [-0.3, -0.25) is 0 Å². The van der Waals surface area contributed by atoms with Gasteiger partial charge in [-0.25, -0.2) is 0 Å². The van der Waals surface area contributed by atoms with E-state index in [0.29, 0.717) is 4.22 Å². The second-order valence-corrected chi connectivity index (χ2v) is 21.6. The third kappa shape index (κ3) is 8.33. The normalized spacial score (nSPS) is 22.1. The van der Waals surface area contributed by atoms with Gasteiger partial charge in [-0.05, 0) is 0 Å². The largest absolute Gasteiger partial charge is 1.00 e. The summed E-state index contributed by atoms with van der Waals surface area (Å²) in [6.45, 7) is 9.83. The van der Waals surface area contributed by atoms with Crippen molar-refractivity contribution in [1.29, 1.82) is 0 Å². The van der Waals surface area contributed by atoms with Gasteiger partial charge in [0.05, 0.1) is 0 Å². The van der Waals surface area contributed by atoms with E-state index in [-0.39, 0.29) is 59.8 Å². The zero-order valence-corrected chi connectivity index (χ0v) is 31.7. The fourth-order valence-corrected chi connectivity index (χ4v) is 20.3. The van der Waals surface area contributed by atoms with E-state index in [1.165, 1.54) is 76.5 Å². The minimum Gasteiger partial charge on any atom is -1.00 e. The van der Waals surface area contributed by atoms with Gasteiger partial charge >= 0.3 is 264 Å². The van der Waals surface area contributed by atoms with Gasteiger partial charge in [0.1, 0.15) is 0 Å². The van der Waals surface area contributed by atoms with E-state index < -0.39 is 0 Å². The third-order valence-electron chi connectivity index (χ3n) is 9.92. The number of hydrogen-bond donors (Lipinski definition) is 0. The van der Waals surface area contributed by atoms with Crippen LogP contribution in [0.5, 0.6) is 0 Å². The van der Waals surface area contributed by atoms with Crippen LogP contribution in [-0.4, -0.2) is 23.6 Å². The number of rotatable bonds is 10. The fourth-order valence-electron chi connectivity index (χ4n) is 8.23. The SMILES string of the molecule is CC(C)CP(CC(C)C)C1=Cc2ccccc2[CH]1[Ti+2][CH]1C(P(C2CCCCC2)C2CCCCC2)=Cc2ccccc21.[Cl-].[Cl-]. The molecule has 232 valence electrons. The summed E-state index contributed by atoms with van der Waals surface area (Å²) < 4.78 is 1.44. The summed E-state index contributed by atoms with van der Waals surface area (Å²) in [6.07, 6.45) is 23.2. The smallest absolute Gasteiger partial charge is 1.00 e. The van der Waals surface area contributed by atoms with Crippen molar-refractivity contribution in [2.45, 2.75) is 112 Å². The molecular formula is C38H52Cl2P2Ti. The van der Waals surface area contributed by atoms with Crippen LogP contribution in [0, 0.1) is 11.8 Å². The summed E-state index contributed by atoms with van der Waals surface area (Å²) in [5, 5.41) is 3.85. The average molecular weight is 690 g/mol. The molecule has 0 aromatic heterocycles. The standard InChI is InChI=1S/C21H28P.C17H24P.2ClH.Ti/c1-3-11-19(12-4-1)22(20-13-5-2-6-14-20)21-15-17-9-7-8-10-18(17)16-21;1-13(2)11-18(12-14(3)4)17-9-15-7-5-6-8-16(15)10-17;;;/h7-10,15-16,19-20H,1-6,11-14H2;5-10,13-14H,11-12H2,1-4H3;2*1H;/q;;;;+2/p-2. The monoisotopic (exact) mass is 688 g/mol. The third-order valence-corrected chi connectivity index (χ3v) is 20.7. The molecule has 0 amide bonds. The summed E-state index contributed by atoms with van der Waals surface area (Å²) in [5.41, 5.74) is 8.50. The molecule has 0 aliphatic heterocycles. The van der Waals surface area contributed by atoms with Gasteiger partial charge in [-0.1, -0.05) is 0 Å². The Balaban J connectivity index is 0.00000212. The van der Waals surface area contributed by atoms with Gasteiger partial charge in [0.2, 0.25) is 0 Å². The molecule has 0 bridgehead atoms. The van der Waals surface area contributed by atoms with Crippen molar-refractivity contribution in [1.82, 2.24) is 0 Å². The Bertz CT molecular complexity index is 1210. The Hall–Kier alpha value is 0.0743. The van der Waals surface area contributed by atoms with Crippen LogP contribution in [0.15, 0.2) is 59.2 Å². The maximum atomic E-state index is 2.79. The summed E-state index contributed by atoms with van der Waals surface area (Å²) in [7, 11) is -0.140. The minimum absolute atomic E-state index is 0. The number of allylic oxidation sites excluding steroid dienone is 2. The molecule has 6 rings (SSSR count). The Labute approximate surface area is 287 Å². The van der Waals surface area contributed by atoms with E-state index in [1.807, 2.05) is 10.6 Å². The number of halogens is 2. The van der Waals surface area contributed by atoms with E-state index in [9.17, 15) is 0 Å². The molecule has 2 aromatic rings. The first-order valence-electron chi connectivity index (χ1n) is 16.9. The van der Waals surface area contributed by atoms with Crippen LogP contribution >= 0.6 is 15.8 Å². The molecule has 0 spiro atoms. The van der Waals surface area contributed by atoms with E-state index in [2.05, 4.69) is 88.4 Å². The summed E-state index contributed by atoms with van der Waals surface area (Å²) >= 11 is -0.300. The Morgan fingerprint density at radius 2 is 1.02 bits per heavy atom. The zero-order valence-electron chi connectivity index (χ0n) is 26.9. The molecule has 2 saturated carbocycles. The van der Waals surface area contributed by atoms with Crippen LogP contribution in [0.2, 0.25) is 0 Å². The molecule has 0 nitrogen and oxygen atoms in total. The van der Waals surface area contributed by atoms with Gasteiger partial charge in [0.25, 0.3) is 0 Å². The number of hydrogen-bond acceptors (Lipinski definition) is 0. The second-order valence-electron chi connectivity index (χ2n) is 14.1. The van der Waals surface area contributed by atoms with Crippen molar-refractivity contribution in [3.05, 3.63) is 81.4 Å². The van der Waals surface area contributed by atoms with Crippen LogP contribution in [0.3, 0.4) is 0 Å². The van der Waals surface area contributed by atoms with Gasteiger partial charge < -0.3 is 24.8 Å². The van der Waals surface area contributed by atoms with Gasteiger partial charge in [-0.15, -0.1) is 0 Å². The van der Waals surface area contributed by atoms with Gasteiger partial charge in [0.15, 0.2) is 0 Å². The van der Waals surface area contributed by atoms with E-state index in [0.717, 1.165) is 27.4 Å². The maximum Gasteiger partial charge on any atom is -1.00 e. The van der Waals surface area contributed by atoms with E-state index in [1.54, 1.807) is 22.3 Å². The molecule has 43 heavy (non-hydrogen) atoms. The summed E-state index contributed by atoms with van der Waals surface area (Å²) in [5.74, 6) is 1.55. The topological polar surface area (TPSA) is 0 Å². The minimum atomic E-state index is -0.300. The number of benzene rings is 2. The van der Waals surface area contributed by atoms with E-state index in [4.69, 9.17) is 0 Å². The quantitative estimate of drug-likeness (QED) is 0.206. The van der Waals surface area contributed by atoms with Crippen LogP contribution in [0.1, 0.15) is 123 Å². The molecular weight excluding hydrogens is 637 g/mol. The fraction of sp³-hybridized carbons (Fsp3) is 0.579. The molecule has 2 atom stereocenters.